The molecule has 6 nitrogen and oxygen atoms in total. The molecule has 0 aromatic carbocycles. The van der Waals surface area contributed by atoms with Crippen LogP contribution in [0.5, 0.6) is 0 Å². The lowest BCUT2D eigenvalue weighted by molar-refractivity contribution is -0.0545. The molecule has 22 heavy (non-hydrogen) atoms. The molecule has 0 heterocycles. The zero-order valence-corrected chi connectivity index (χ0v) is 13.0. The maximum absolute atomic E-state index is 11.5. The lowest BCUT2D eigenvalue weighted by Gasteiger charge is -2.06. The second-order valence-corrected chi connectivity index (χ2v) is 6.60. The average Bonchev–Trinajstić information content (AvgIpc) is 2.26. The van der Waals surface area contributed by atoms with Crippen molar-refractivity contribution in [2.45, 2.75) is 37.7 Å². The zero-order valence-electron chi connectivity index (χ0n) is 11.4. The van der Waals surface area contributed by atoms with E-state index in [0.717, 1.165) is 6.92 Å². The molecule has 136 valence electrons. The molecule has 0 spiro atoms. The van der Waals surface area contributed by atoms with Gasteiger partial charge in [0, 0.05) is 0 Å². The molecular formula is C8H14F6O6S2. The maximum Gasteiger partial charge on any atom is 0.523 e. The van der Waals surface area contributed by atoms with Gasteiger partial charge in [-0.3, -0.25) is 8.37 Å². The molecule has 0 aromatic rings. The standard InChI is InChI=1S/C5H9F3O3S.C3H5F3O3S/c1-2-3-4-11-12(9,10)5(6,7)8;1-2-9-10(7,8)3(4,5)6/h2-4H2,1H3;2H2,1H3. The van der Waals surface area contributed by atoms with E-state index in [4.69, 9.17) is 0 Å². The van der Waals surface area contributed by atoms with Crippen LogP contribution in [0.1, 0.15) is 26.7 Å². The first-order valence-electron chi connectivity index (χ1n) is 5.53. The fraction of sp³-hybridized carbons (Fsp3) is 1.00. The van der Waals surface area contributed by atoms with Gasteiger partial charge in [0.1, 0.15) is 0 Å². The Morgan fingerprint density at radius 2 is 1.14 bits per heavy atom. The molecule has 0 fully saturated rings. The van der Waals surface area contributed by atoms with Crippen LogP contribution in [-0.4, -0.2) is 41.1 Å². The predicted molar refractivity (Wildman–Crippen MR) is 62.4 cm³/mol. The first kappa shape index (κ1) is 23.7. The van der Waals surface area contributed by atoms with Crippen molar-refractivity contribution in [2.75, 3.05) is 13.2 Å². The van der Waals surface area contributed by atoms with Gasteiger partial charge in [0.2, 0.25) is 0 Å². The summed E-state index contributed by atoms with van der Waals surface area (Å²) in [6.07, 6.45) is 0.864. The van der Waals surface area contributed by atoms with Gasteiger partial charge in [-0.15, -0.1) is 0 Å². The third kappa shape index (κ3) is 8.75. The van der Waals surface area contributed by atoms with Gasteiger partial charge < -0.3 is 0 Å². The summed E-state index contributed by atoms with van der Waals surface area (Å²) >= 11 is 0. The molecule has 0 aliphatic rings. The van der Waals surface area contributed by atoms with Crippen molar-refractivity contribution in [2.24, 2.45) is 0 Å². The molecule has 0 atom stereocenters. The van der Waals surface area contributed by atoms with Crippen molar-refractivity contribution in [3.63, 3.8) is 0 Å². The van der Waals surface area contributed by atoms with Crippen molar-refractivity contribution in [3.05, 3.63) is 0 Å². The van der Waals surface area contributed by atoms with Gasteiger partial charge in [-0.05, 0) is 13.3 Å². The third-order valence-corrected chi connectivity index (χ3v) is 3.73. The molecule has 0 radical (unpaired) electrons. The van der Waals surface area contributed by atoms with Gasteiger partial charge >= 0.3 is 31.3 Å². The van der Waals surface area contributed by atoms with Crippen molar-refractivity contribution in [3.8, 4) is 0 Å². The summed E-state index contributed by atoms with van der Waals surface area (Å²) in [6, 6.07) is 0. The smallest absolute Gasteiger partial charge is 0.263 e. The minimum absolute atomic E-state index is 0.287. The number of alkyl halides is 6. The normalized spacial score (nSPS) is 13.5. The van der Waals surface area contributed by atoms with Crippen molar-refractivity contribution in [1.82, 2.24) is 0 Å². The largest absolute Gasteiger partial charge is 0.523 e. The second-order valence-electron chi connectivity index (χ2n) is 3.38. The molecule has 0 saturated carbocycles. The fourth-order valence-electron chi connectivity index (χ4n) is 0.602. The van der Waals surface area contributed by atoms with E-state index in [-0.39, 0.29) is 6.42 Å². The first-order chi connectivity index (χ1) is 9.62. The Morgan fingerprint density at radius 3 is 1.36 bits per heavy atom. The monoisotopic (exact) mass is 384 g/mol. The lowest BCUT2D eigenvalue weighted by Crippen LogP contribution is -2.25. The van der Waals surface area contributed by atoms with Crippen LogP contribution in [0.3, 0.4) is 0 Å². The Kier molecular flexibility index (Phi) is 9.55. The predicted octanol–water partition coefficient (Wildman–Crippen LogP) is 2.53. The SMILES string of the molecule is CCCCOS(=O)(=O)C(F)(F)F.CCOS(=O)(=O)C(F)(F)F. The fourth-order valence-corrected chi connectivity index (χ4v) is 1.52. The van der Waals surface area contributed by atoms with Crippen LogP contribution in [0.4, 0.5) is 26.3 Å². The minimum atomic E-state index is -5.37. The summed E-state index contributed by atoms with van der Waals surface area (Å²) < 4.78 is 116. The quantitative estimate of drug-likeness (QED) is 0.303. The van der Waals surface area contributed by atoms with Gasteiger partial charge in [-0.2, -0.15) is 43.2 Å². The summed E-state index contributed by atoms with van der Waals surface area (Å²) in [4.78, 5) is 0. The van der Waals surface area contributed by atoms with Gasteiger partial charge in [0.05, 0.1) is 13.2 Å². The Labute approximate surface area is 123 Å². The molecule has 14 heteroatoms. The number of hydrogen-bond donors (Lipinski definition) is 0. The molecule has 0 N–H and O–H groups in total. The number of halogens is 6. The van der Waals surface area contributed by atoms with Crippen LogP contribution in [-0.2, 0) is 28.6 Å². The average molecular weight is 384 g/mol. The molecule has 0 rings (SSSR count). The van der Waals surface area contributed by atoms with E-state index >= 15 is 0 Å². The van der Waals surface area contributed by atoms with E-state index in [1.807, 2.05) is 0 Å². The van der Waals surface area contributed by atoms with Crippen molar-refractivity contribution < 1.29 is 51.5 Å². The highest BCUT2D eigenvalue weighted by molar-refractivity contribution is 7.87. The van der Waals surface area contributed by atoms with Crippen LogP contribution in [0, 0.1) is 0 Å². The molecular weight excluding hydrogens is 370 g/mol. The molecule has 0 unspecified atom stereocenters. The highest BCUT2D eigenvalue weighted by atomic mass is 32.2. The summed E-state index contributed by atoms with van der Waals surface area (Å²) in [5.74, 6) is 0. The Hall–Kier alpha value is -0.600. The molecule has 0 aliphatic heterocycles. The highest BCUT2D eigenvalue weighted by Crippen LogP contribution is 2.25. The second kappa shape index (κ2) is 8.88. The van der Waals surface area contributed by atoms with E-state index in [1.54, 1.807) is 6.92 Å². The van der Waals surface area contributed by atoms with Gasteiger partial charge in [-0.25, -0.2) is 0 Å². The number of rotatable bonds is 6. The van der Waals surface area contributed by atoms with E-state index in [1.165, 1.54) is 0 Å². The van der Waals surface area contributed by atoms with Crippen molar-refractivity contribution in [1.29, 1.82) is 0 Å². The molecule has 0 aliphatic carbocycles. The summed E-state index contributed by atoms with van der Waals surface area (Å²) in [7, 11) is -10.7. The van der Waals surface area contributed by atoms with Crippen LogP contribution in [0.2, 0.25) is 0 Å². The highest BCUT2D eigenvalue weighted by Gasteiger charge is 2.47. The maximum atomic E-state index is 11.5. The van der Waals surface area contributed by atoms with Crippen molar-refractivity contribution >= 4 is 20.2 Å². The number of hydrogen-bond acceptors (Lipinski definition) is 6. The summed E-state index contributed by atoms with van der Waals surface area (Å²) in [5.41, 5.74) is -10.6. The van der Waals surface area contributed by atoms with Crippen LogP contribution < -0.4 is 0 Å². The topological polar surface area (TPSA) is 86.7 Å². The lowest BCUT2D eigenvalue weighted by atomic mass is 10.4. The third-order valence-electron chi connectivity index (χ3n) is 1.58. The minimum Gasteiger partial charge on any atom is -0.263 e. The van der Waals surface area contributed by atoms with Gasteiger partial charge in [-0.1, -0.05) is 13.3 Å². The van der Waals surface area contributed by atoms with E-state index in [2.05, 4.69) is 8.37 Å². The molecule has 0 amide bonds. The van der Waals surface area contributed by atoms with E-state index < -0.39 is 44.5 Å². The zero-order chi connectivity index (χ0) is 18.2. The molecule has 0 bridgehead atoms. The van der Waals surface area contributed by atoms with E-state index in [9.17, 15) is 43.2 Å². The summed E-state index contributed by atoms with van der Waals surface area (Å²) in [5, 5.41) is 0. The van der Waals surface area contributed by atoms with Crippen LogP contribution in [0.15, 0.2) is 0 Å². The first-order valence-corrected chi connectivity index (χ1v) is 8.35. The molecule has 0 saturated heterocycles. The summed E-state index contributed by atoms with van der Waals surface area (Å²) in [6.45, 7) is 1.94. The Morgan fingerprint density at radius 1 is 0.773 bits per heavy atom. The van der Waals surface area contributed by atoms with Crippen LogP contribution in [0.25, 0.3) is 0 Å². The van der Waals surface area contributed by atoms with Crippen LogP contribution >= 0.6 is 0 Å². The van der Waals surface area contributed by atoms with Gasteiger partial charge in [0.15, 0.2) is 0 Å². The van der Waals surface area contributed by atoms with E-state index in [0.29, 0.717) is 6.42 Å². The van der Waals surface area contributed by atoms with Gasteiger partial charge in [0.25, 0.3) is 0 Å². The Balaban J connectivity index is 0. The number of unbranched alkanes of at least 4 members (excludes halogenated alkanes) is 1. The molecule has 0 aromatic heterocycles. The Bertz CT molecular complexity index is 506.